The van der Waals surface area contributed by atoms with Crippen LogP contribution >= 0.6 is 0 Å². The molecule has 0 saturated carbocycles. The van der Waals surface area contributed by atoms with Crippen molar-refractivity contribution in [2.45, 2.75) is 65.0 Å². The first kappa shape index (κ1) is 15.1. The molecule has 0 aliphatic heterocycles. The van der Waals surface area contributed by atoms with Crippen LogP contribution in [0.3, 0.4) is 0 Å². The van der Waals surface area contributed by atoms with Gasteiger partial charge in [-0.25, -0.2) is 0 Å². The van der Waals surface area contributed by atoms with E-state index in [0.717, 1.165) is 6.54 Å². The van der Waals surface area contributed by atoms with E-state index in [1.807, 2.05) is 7.11 Å². The average molecular weight is 231 g/mol. The lowest BCUT2D eigenvalue weighted by atomic mass is 10.2. The van der Waals surface area contributed by atoms with Gasteiger partial charge in [-0.2, -0.15) is 0 Å². The molecule has 0 aromatic carbocycles. The fraction of sp³-hybridized carbons (Fsp3) is 1.00. The molecular formula is C12H29NOSi. The summed E-state index contributed by atoms with van der Waals surface area (Å²) in [5, 5.41) is 0.269. The Bertz CT molecular complexity index is 167. The number of rotatable bonds is 7. The minimum atomic E-state index is -1.76. The van der Waals surface area contributed by atoms with Crippen molar-refractivity contribution in [3.05, 3.63) is 0 Å². The summed E-state index contributed by atoms with van der Waals surface area (Å²) in [4.78, 5) is 3.74. The molecule has 3 heteroatoms. The van der Waals surface area contributed by atoms with Crippen molar-refractivity contribution in [1.82, 2.24) is 4.98 Å². The summed E-state index contributed by atoms with van der Waals surface area (Å²) in [7, 11) is 0.123. The van der Waals surface area contributed by atoms with Gasteiger partial charge in [0.15, 0.2) is 0 Å². The van der Waals surface area contributed by atoms with Crippen molar-refractivity contribution < 1.29 is 4.43 Å². The molecule has 92 valence electrons. The molecule has 2 nitrogen and oxygen atoms in total. The van der Waals surface area contributed by atoms with Gasteiger partial charge in [-0.3, -0.25) is 0 Å². The maximum atomic E-state index is 5.92. The zero-order chi connectivity index (χ0) is 11.9. The molecule has 0 amide bonds. The highest BCUT2D eigenvalue weighted by Gasteiger charge is 2.45. The molecule has 1 N–H and O–H groups in total. The Balaban J connectivity index is 4.51. The number of hydrogen-bond acceptors (Lipinski definition) is 2. The predicted molar refractivity (Wildman–Crippen MR) is 70.5 cm³/mol. The maximum absolute atomic E-state index is 5.92. The van der Waals surface area contributed by atoms with Crippen molar-refractivity contribution in [1.29, 1.82) is 0 Å². The van der Waals surface area contributed by atoms with Gasteiger partial charge in [0, 0.05) is 7.11 Å². The van der Waals surface area contributed by atoms with Gasteiger partial charge >= 0.3 is 0 Å². The molecule has 0 radical (unpaired) electrons. The van der Waals surface area contributed by atoms with E-state index in [4.69, 9.17) is 4.43 Å². The van der Waals surface area contributed by atoms with E-state index in [0.29, 0.717) is 0 Å². The van der Waals surface area contributed by atoms with Gasteiger partial charge in [-0.05, 0) is 24.0 Å². The molecule has 0 aliphatic rings. The fourth-order valence-electron chi connectivity index (χ4n) is 2.03. The topological polar surface area (TPSA) is 21.3 Å². The lowest BCUT2D eigenvalue weighted by molar-refractivity contribution is 0.341. The van der Waals surface area contributed by atoms with Crippen molar-refractivity contribution in [2.75, 3.05) is 13.7 Å². The Kier molecular flexibility index (Phi) is 6.72. The Morgan fingerprint density at radius 3 is 2.07 bits per heavy atom. The molecule has 0 aliphatic carbocycles. The van der Waals surface area contributed by atoms with Gasteiger partial charge in [0.25, 0.3) is 8.48 Å². The summed E-state index contributed by atoms with van der Waals surface area (Å²) in [6, 6.07) is 1.21. The highest BCUT2D eigenvalue weighted by atomic mass is 28.4. The normalized spacial score (nSPS) is 16.4. The third-order valence-corrected chi connectivity index (χ3v) is 8.25. The van der Waals surface area contributed by atoms with Crippen molar-refractivity contribution >= 4 is 8.48 Å². The second-order valence-electron chi connectivity index (χ2n) is 5.31. The standard InChI is InChI=1S/C12H29NOSi/c1-7-9-10-13-15(14-6,11-8-2)12(3,4)5/h13H,7-11H2,1-6H3. The van der Waals surface area contributed by atoms with Gasteiger partial charge in [-0.1, -0.05) is 47.5 Å². The molecule has 0 aromatic heterocycles. The quantitative estimate of drug-likeness (QED) is 0.533. The monoisotopic (exact) mass is 231 g/mol. The van der Waals surface area contributed by atoms with Gasteiger partial charge < -0.3 is 9.41 Å². The summed E-state index contributed by atoms with van der Waals surface area (Å²) in [5.74, 6) is 0. The van der Waals surface area contributed by atoms with Crippen molar-refractivity contribution in [2.24, 2.45) is 0 Å². The molecule has 15 heavy (non-hydrogen) atoms. The van der Waals surface area contributed by atoms with Crippen LogP contribution in [-0.2, 0) is 4.43 Å². The first-order valence-electron chi connectivity index (χ1n) is 6.23. The van der Waals surface area contributed by atoms with Crippen LogP contribution in [0.2, 0.25) is 11.1 Å². The third kappa shape index (κ3) is 4.25. The summed E-state index contributed by atoms with van der Waals surface area (Å²) in [6.07, 6.45) is 3.70. The van der Waals surface area contributed by atoms with Crippen LogP contribution in [0.4, 0.5) is 0 Å². The van der Waals surface area contributed by atoms with E-state index in [-0.39, 0.29) is 5.04 Å². The highest BCUT2D eigenvalue weighted by molar-refractivity contribution is 6.74. The van der Waals surface area contributed by atoms with Crippen LogP contribution in [0.25, 0.3) is 0 Å². The maximum Gasteiger partial charge on any atom is 0.273 e. The zero-order valence-electron chi connectivity index (χ0n) is 11.4. The molecule has 0 rings (SSSR count). The third-order valence-electron chi connectivity index (χ3n) is 3.10. The summed E-state index contributed by atoms with van der Waals surface area (Å²) in [6.45, 7) is 12.5. The SMILES string of the molecule is CCCCN[Si](CCC)(OC)C(C)(C)C. The van der Waals surface area contributed by atoms with E-state index in [2.05, 4.69) is 39.6 Å². The van der Waals surface area contributed by atoms with Crippen LogP contribution in [0.5, 0.6) is 0 Å². The first-order valence-corrected chi connectivity index (χ1v) is 8.35. The van der Waals surface area contributed by atoms with E-state index in [1.54, 1.807) is 0 Å². The molecule has 0 saturated heterocycles. The van der Waals surface area contributed by atoms with Gasteiger partial charge in [0.2, 0.25) is 0 Å². The van der Waals surface area contributed by atoms with Crippen LogP contribution in [0, 0.1) is 0 Å². The van der Waals surface area contributed by atoms with Crippen LogP contribution in [0.1, 0.15) is 53.9 Å². The van der Waals surface area contributed by atoms with Crippen molar-refractivity contribution in [3.63, 3.8) is 0 Å². The smallest absolute Gasteiger partial charge is 0.273 e. The summed E-state index contributed by atoms with van der Waals surface area (Å²) < 4.78 is 5.92. The molecule has 1 atom stereocenters. The molecule has 0 fully saturated rings. The van der Waals surface area contributed by atoms with Crippen molar-refractivity contribution in [3.8, 4) is 0 Å². The second-order valence-corrected chi connectivity index (χ2v) is 9.73. The summed E-state index contributed by atoms with van der Waals surface area (Å²) >= 11 is 0. The minimum absolute atomic E-state index is 0.269. The number of unbranched alkanes of at least 4 members (excludes halogenated alkanes) is 1. The second kappa shape index (κ2) is 6.66. The lowest BCUT2D eigenvalue weighted by Gasteiger charge is -2.41. The Hall–Kier alpha value is 0.137. The Labute approximate surface area is 97.0 Å². The van der Waals surface area contributed by atoms with Crippen LogP contribution < -0.4 is 4.98 Å². The van der Waals surface area contributed by atoms with Crippen LogP contribution in [-0.4, -0.2) is 22.1 Å². The summed E-state index contributed by atoms with van der Waals surface area (Å²) in [5.41, 5.74) is 0. The molecular weight excluding hydrogens is 202 g/mol. The first-order chi connectivity index (χ1) is 6.93. The Morgan fingerprint density at radius 1 is 1.13 bits per heavy atom. The number of nitrogens with one attached hydrogen (secondary N) is 1. The highest BCUT2D eigenvalue weighted by Crippen LogP contribution is 2.37. The molecule has 0 aromatic rings. The van der Waals surface area contributed by atoms with E-state index < -0.39 is 8.48 Å². The van der Waals surface area contributed by atoms with Crippen LogP contribution in [0.15, 0.2) is 0 Å². The predicted octanol–water partition coefficient (Wildman–Crippen LogP) is 3.67. The lowest BCUT2D eigenvalue weighted by Crippen LogP contribution is -2.59. The molecule has 1 unspecified atom stereocenters. The fourth-order valence-corrected chi connectivity index (χ4v) is 5.73. The van der Waals surface area contributed by atoms with E-state index in [1.165, 1.54) is 25.3 Å². The minimum Gasteiger partial charge on any atom is -0.406 e. The largest absolute Gasteiger partial charge is 0.406 e. The molecule has 0 spiro atoms. The van der Waals surface area contributed by atoms with Gasteiger partial charge in [0.05, 0.1) is 0 Å². The average Bonchev–Trinajstić information content (AvgIpc) is 2.15. The number of hydrogen-bond donors (Lipinski definition) is 1. The van der Waals surface area contributed by atoms with Gasteiger partial charge in [-0.15, -0.1) is 0 Å². The molecule has 0 heterocycles. The van der Waals surface area contributed by atoms with E-state index >= 15 is 0 Å². The van der Waals surface area contributed by atoms with Gasteiger partial charge in [0.1, 0.15) is 0 Å². The Morgan fingerprint density at radius 2 is 1.73 bits per heavy atom. The molecule has 0 bridgehead atoms. The van der Waals surface area contributed by atoms with E-state index in [9.17, 15) is 0 Å². The zero-order valence-corrected chi connectivity index (χ0v) is 12.4.